The lowest BCUT2D eigenvalue weighted by Crippen LogP contribution is -2.48. The van der Waals surface area contributed by atoms with Gasteiger partial charge in [0, 0.05) is 12.8 Å². The van der Waals surface area contributed by atoms with Gasteiger partial charge in [0.1, 0.15) is 6.04 Å². The molecule has 19 heavy (non-hydrogen) atoms. The molecule has 0 spiro atoms. The third kappa shape index (κ3) is 7.71. The Labute approximate surface area is 109 Å². The number of hydrogen-bond donors (Lipinski definition) is 5. The van der Waals surface area contributed by atoms with Gasteiger partial charge in [-0.05, 0) is 12.8 Å². The van der Waals surface area contributed by atoms with Crippen LogP contribution in [0.15, 0.2) is 0 Å². The second-order valence-corrected chi connectivity index (χ2v) is 4.02. The molecular weight excluding hydrogens is 256 g/mol. The van der Waals surface area contributed by atoms with E-state index < -0.39 is 35.8 Å². The van der Waals surface area contributed by atoms with Crippen molar-refractivity contribution in [2.24, 2.45) is 17.2 Å². The first-order chi connectivity index (χ1) is 8.73. The molecule has 108 valence electrons. The molecule has 8 N–H and O–H groups in total. The summed E-state index contributed by atoms with van der Waals surface area (Å²) in [6.07, 6.45) is -0.357. The van der Waals surface area contributed by atoms with Crippen molar-refractivity contribution >= 4 is 23.7 Å². The molecule has 0 aliphatic rings. The van der Waals surface area contributed by atoms with Crippen LogP contribution in [0.5, 0.6) is 0 Å². The van der Waals surface area contributed by atoms with Gasteiger partial charge in [0.15, 0.2) is 0 Å². The molecular formula is C10H18N4O5. The number of nitrogens with two attached hydrogens (primary N) is 3. The average Bonchev–Trinajstić information content (AvgIpc) is 2.30. The lowest BCUT2D eigenvalue weighted by molar-refractivity contribution is -0.142. The molecule has 0 aromatic carbocycles. The molecule has 0 aliphatic heterocycles. The SMILES string of the molecule is NC(=O)CC[C@@H](N)C(=O)N[C@H](CCC(N)=O)C(=O)O. The zero-order valence-corrected chi connectivity index (χ0v) is 10.3. The van der Waals surface area contributed by atoms with Crippen LogP contribution >= 0.6 is 0 Å². The number of nitrogens with one attached hydrogen (secondary N) is 1. The summed E-state index contributed by atoms with van der Waals surface area (Å²) in [5.41, 5.74) is 15.3. The van der Waals surface area contributed by atoms with Gasteiger partial charge in [-0.2, -0.15) is 0 Å². The molecule has 0 unspecified atom stereocenters. The quantitative estimate of drug-likeness (QED) is 0.308. The predicted octanol–water partition coefficient (Wildman–Crippen LogP) is -2.59. The van der Waals surface area contributed by atoms with Crippen LogP contribution in [-0.4, -0.2) is 40.9 Å². The molecule has 0 aliphatic carbocycles. The number of carbonyl (C=O) groups is 4. The summed E-state index contributed by atoms with van der Waals surface area (Å²) in [7, 11) is 0. The summed E-state index contributed by atoms with van der Waals surface area (Å²) in [5, 5.41) is 11.0. The van der Waals surface area contributed by atoms with Crippen LogP contribution in [0.2, 0.25) is 0 Å². The third-order valence-electron chi connectivity index (χ3n) is 2.33. The Bertz CT molecular complexity index is 371. The first-order valence-corrected chi connectivity index (χ1v) is 5.59. The van der Waals surface area contributed by atoms with E-state index in [0.29, 0.717) is 0 Å². The fraction of sp³-hybridized carbons (Fsp3) is 0.600. The van der Waals surface area contributed by atoms with Crippen molar-refractivity contribution in [3.05, 3.63) is 0 Å². The maximum Gasteiger partial charge on any atom is 0.326 e. The number of carboxylic acids is 1. The van der Waals surface area contributed by atoms with Gasteiger partial charge in [-0.25, -0.2) is 4.79 Å². The third-order valence-corrected chi connectivity index (χ3v) is 2.33. The van der Waals surface area contributed by atoms with Gasteiger partial charge in [0.05, 0.1) is 6.04 Å². The van der Waals surface area contributed by atoms with Crippen molar-refractivity contribution in [1.82, 2.24) is 5.32 Å². The van der Waals surface area contributed by atoms with E-state index in [2.05, 4.69) is 5.32 Å². The summed E-state index contributed by atoms with van der Waals surface area (Å²) in [5.74, 6) is -3.29. The van der Waals surface area contributed by atoms with Gasteiger partial charge in [0.2, 0.25) is 17.7 Å². The fourth-order valence-electron chi connectivity index (χ4n) is 1.25. The molecule has 0 aromatic heterocycles. The molecule has 0 fully saturated rings. The predicted molar refractivity (Wildman–Crippen MR) is 64.4 cm³/mol. The van der Waals surface area contributed by atoms with Crippen molar-refractivity contribution < 1.29 is 24.3 Å². The Morgan fingerprint density at radius 1 is 1.00 bits per heavy atom. The number of carbonyl (C=O) groups excluding carboxylic acids is 3. The molecule has 0 aromatic rings. The number of primary amides is 2. The molecule has 9 nitrogen and oxygen atoms in total. The van der Waals surface area contributed by atoms with Gasteiger partial charge < -0.3 is 27.6 Å². The van der Waals surface area contributed by atoms with Crippen molar-refractivity contribution in [2.45, 2.75) is 37.8 Å². The van der Waals surface area contributed by atoms with Crippen LogP contribution < -0.4 is 22.5 Å². The van der Waals surface area contributed by atoms with E-state index in [1.54, 1.807) is 0 Å². The van der Waals surface area contributed by atoms with Crippen molar-refractivity contribution in [3.63, 3.8) is 0 Å². The molecule has 2 atom stereocenters. The summed E-state index contributed by atoms with van der Waals surface area (Å²) >= 11 is 0. The molecule has 0 saturated heterocycles. The highest BCUT2D eigenvalue weighted by molar-refractivity contribution is 5.87. The van der Waals surface area contributed by atoms with E-state index in [4.69, 9.17) is 22.3 Å². The van der Waals surface area contributed by atoms with Crippen LogP contribution in [-0.2, 0) is 19.2 Å². The molecule has 3 amide bonds. The Morgan fingerprint density at radius 3 is 1.89 bits per heavy atom. The standard InChI is InChI=1S/C10H18N4O5/c11-5(1-3-7(12)15)9(17)14-6(10(18)19)2-4-8(13)16/h5-6H,1-4,11H2,(H2,12,15)(H2,13,16)(H,14,17)(H,18,19)/t5-,6-/m1/s1. The fourth-order valence-corrected chi connectivity index (χ4v) is 1.25. The Hall–Kier alpha value is -2.16. The lowest BCUT2D eigenvalue weighted by atomic mass is 10.1. The summed E-state index contributed by atoms with van der Waals surface area (Å²) < 4.78 is 0. The Kier molecular flexibility index (Phi) is 7.12. The van der Waals surface area contributed by atoms with Crippen LogP contribution in [0, 0.1) is 0 Å². The van der Waals surface area contributed by atoms with Crippen LogP contribution in [0.3, 0.4) is 0 Å². The van der Waals surface area contributed by atoms with E-state index >= 15 is 0 Å². The lowest BCUT2D eigenvalue weighted by Gasteiger charge is -2.17. The molecule has 9 heteroatoms. The minimum absolute atomic E-state index is 0.0172. The van der Waals surface area contributed by atoms with Gasteiger partial charge in [-0.3, -0.25) is 14.4 Å². The number of rotatable bonds is 9. The molecule has 0 bridgehead atoms. The van der Waals surface area contributed by atoms with E-state index in [0.717, 1.165) is 0 Å². The summed E-state index contributed by atoms with van der Waals surface area (Å²) in [6.45, 7) is 0. The average molecular weight is 274 g/mol. The minimum Gasteiger partial charge on any atom is -0.480 e. The zero-order valence-electron chi connectivity index (χ0n) is 10.3. The number of hydrogen-bond acceptors (Lipinski definition) is 5. The Morgan fingerprint density at radius 2 is 1.47 bits per heavy atom. The maximum absolute atomic E-state index is 11.5. The number of amides is 3. The minimum atomic E-state index is -1.29. The van der Waals surface area contributed by atoms with E-state index in [1.807, 2.05) is 0 Å². The highest BCUT2D eigenvalue weighted by atomic mass is 16.4. The second-order valence-electron chi connectivity index (χ2n) is 4.02. The normalized spacial score (nSPS) is 13.3. The van der Waals surface area contributed by atoms with Crippen LogP contribution in [0.1, 0.15) is 25.7 Å². The highest BCUT2D eigenvalue weighted by Crippen LogP contribution is 2.00. The van der Waals surface area contributed by atoms with Crippen molar-refractivity contribution in [1.29, 1.82) is 0 Å². The van der Waals surface area contributed by atoms with Crippen molar-refractivity contribution in [3.8, 4) is 0 Å². The Balaban J connectivity index is 4.33. The van der Waals surface area contributed by atoms with Gasteiger partial charge >= 0.3 is 5.97 Å². The number of aliphatic carboxylic acids is 1. The van der Waals surface area contributed by atoms with E-state index in [9.17, 15) is 19.2 Å². The van der Waals surface area contributed by atoms with Gasteiger partial charge in [-0.15, -0.1) is 0 Å². The van der Waals surface area contributed by atoms with Crippen LogP contribution in [0.4, 0.5) is 0 Å². The first kappa shape index (κ1) is 16.8. The topological polar surface area (TPSA) is 179 Å². The highest BCUT2D eigenvalue weighted by Gasteiger charge is 2.23. The van der Waals surface area contributed by atoms with Crippen molar-refractivity contribution in [2.75, 3.05) is 0 Å². The maximum atomic E-state index is 11.5. The smallest absolute Gasteiger partial charge is 0.326 e. The first-order valence-electron chi connectivity index (χ1n) is 5.59. The van der Waals surface area contributed by atoms with E-state index in [1.165, 1.54) is 0 Å². The largest absolute Gasteiger partial charge is 0.480 e. The molecule has 0 heterocycles. The number of carboxylic acid groups (broad SMARTS) is 1. The van der Waals surface area contributed by atoms with Gasteiger partial charge in [-0.1, -0.05) is 0 Å². The van der Waals surface area contributed by atoms with Crippen LogP contribution in [0.25, 0.3) is 0 Å². The monoisotopic (exact) mass is 274 g/mol. The molecule has 0 saturated carbocycles. The molecule has 0 radical (unpaired) electrons. The van der Waals surface area contributed by atoms with E-state index in [-0.39, 0.29) is 25.7 Å². The van der Waals surface area contributed by atoms with Gasteiger partial charge in [0.25, 0.3) is 0 Å². The second kappa shape index (κ2) is 8.03. The zero-order chi connectivity index (χ0) is 15.0. The summed E-state index contributed by atoms with van der Waals surface area (Å²) in [6, 6.07) is -2.29. The molecule has 0 rings (SSSR count). The summed E-state index contributed by atoms with van der Waals surface area (Å²) in [4.78, 5) is 43.5.